The average Bonchev–Trinajstić information content (AvgIpc) is 2.12. The van der Waals surface area contributed by atoms with Crippen LogP contribution in [0, 0.1) is 5.92 Å². The molecule has 0 radical (unpaired) electrons. The van der Waals surface area contributed by atoms with Crippen molar-refractivity contribution in [3.05, 3.63) is 10.6 Å². The number of hydrogen-bond acceptors (Lipinski definition) is 5. The molecule has 1 rings (SSSR count). The highest BCUT2D eigenvalue weighted by molar-refractivity contribution is 6.31. The van der Waals surface area contributed by atoms with Gasteiger partial charge in [0.2, 0.25) is 16.5 Å². The predicted octanol–water partition coefficient (Wildman–Crippen LogP) is 1.61. The van der Waals surface area contributed by atoms with Gasteiger partial charge in [-0.25, -0.2) is 0 Å². The third-order valence-corrected chi connectivity index (χ3v) is 2.16. The molecule has 1 unspecified atom stereocenters. The van der Waals surface area contributed by atoms with Crippen LogP contribution in [0.3, 0.4) is 0 Å². The lowest BCUT2D eigenvalue weighted by molar-refractivity contribution is 0.137. The third kappa shape index (κ3) is 4.15. The monoisotopic (exact) mass is 250 g/mol. The number of aliphatic hydroxyl groups is 1. The second kappa shape index (κ2) is 5.44. The summed E-state index contributed by atoms with van der Waals surface area (Å²) in [6.45, 7) is 4.17. The number of rotatable bonds is 4. The van der Waals surface area contributed by atoms with Crippen LogP contribution in [0.5, 0.6) is 0 Å². The van der Waals surface area contributed by atoms with E-state index < -0.39 is 6.10 Å². The highest BCUT2D eigenvalue weighted by Gasteiger charge is 2.10. The molecule has 1 atom stereocenters. The van der Waals surface area contributed by atoms with E-state index in [0.29, 0.717) is 6.54 Å². The van der Waals surface area contributed by atoms with Gasteiger partial charge in [0.15, 0.2) is 0 Å². The van der Waals surface area contributed by atoms with Crippen molar-refractivity contribution in [3.63, 3.8) is 0 Å². The molecule has 0 aromatic carbocycles. The molecule has 5 nitrogen and oxygen atoms in total. The molecule has 1 aromatic rings. The normalized spacial score (nSPS) is 12.9. The Morgan fingerprint density at radius 2 is 1.73 bits per heavy atom. The van der Waals surface area contributed by atoms with Crippen molar-refractivity contribution in [2.45, 2.75) is 20.0 Å². The zero-order chi connectivity index (χ0) is 11.4. The van der Waals surface area contributed by atoms with Crippen molar-refractivity contribution in [1.82, 2.24) is 15.0 Å². The Kier molecular flexibility index (Phi) is 4.50. The second-order valence-corrected chi connectivity index (χ2v) is 4.07. The number of aliphatic hydroxyl groups excluding tert-OH is 1. The topological polar surface area (TPSA) is 70.9 Å². The Labute approximate surface area is 97.9 Å². The summed E-state index contributed by atoms with van der Waals surface area (Å²) < 4.78 is 0. The molecular formula is C8H12Cl2N4O. The molecule has 2 N–H and O–H groups in total. The number of nitrogens with zero attached hydrogens (tertiary/aromatic N) is 3. The molecule has 0 aliphatic heterocycles. The Morgan fingerprint density at radius 3 is 2.20 bits per heavy atom. The van der Waals surface area contributed by atoms with Gasteiger partial charge in [-0.15, -0.1) is 0 Å². The molecule has 15 heavy (non-hydrogen) atoms. The molecular weight excluding hydrogens is 239 g/mol. The summed E-state index contributed by atoms with van der Waals surface area (Å²) in [5, 5.41) is 12.4. The van der Waals surface area contributed by atoms with Crippen molar-refractivity contribution in [3.8, 4) is 0 Å². The van der Waals surface area contributed by atoms with E-state index >= 15 is 0 Å². The maximum absolute atomic E-state index is 9.53. The van der Waals surface area contributed by atoms with Gasteiger partial charge in [0.05, 0.1) is 6.10 Å². The van der Waals surface area contributed by atoms with Crippen LogP contribution in [-0.2, 0) is 0 Å². The molecule has 84 valence electrons. The minimum atomic E-state index is -0.473. The van der Waals surface area contributed by atoms with E-state index in [1.807, 2.05) is 13.8 Å². The first kappa shape index (κ1) is 12.4. The molecule has 0 bridgehead atoms. The average molecular weight is 251 g/mol. The van der Waals surface area contributed by atoms with Gasteiger partial charge >= 0.3 is 0 Å². The van der Waals surface area contributed by atoms with Crippen LogP contribution in [0.2, 0.25) is 10.6 Å². The van der Waals surface area contributed by atoms with Gasteiger partial charge in [-0.2, -0.15) is 15.0 Å². The summed E-state index contributed by atoms with van der Waals surface area (Å²) in [7, 11) is 0. The fourth-order valence-corrected chi connectivity index (χ4v) is 1.20. The van der Waals surface area contributed by atoms with Crippen molar-refractivity contribution in [2.75, 3.05) is 11.9 Å². The summed E-state index contributed by atoms with van der Waals surface area (Å²) in [4.78, 5) is 11.2. The number of anilines is 1. The van der Waals surface area contributed by atoms with Crippen LogP contribution >= 0.6 is 23.2 Å². The molecule has 0 aliphatic rings. The minimum absolute atomic E-state index is 0.0246. The van der Waals surface area contributed by atoms with Crippen LogP contribution in [0.4, 0.5) is 5.95 Å². The molecule has 1 heterocycles. The molecule has 0 aliphatic carbocycles. The molecule has 0 amide bonds. The minimum Gasteiger partial charge on any atom is -0.391 e. The lowest BCUT2D eigenvalue weighted by Crippen LogP contribution is -2.25. The van der Waals surface area contributed by atoms with Crippen LogP contribution < -0.4 is 5.32 Å². The summed E-state index contributed by atoms with van der Waals surface area (Å²) in [5.74, 6) is 0.421. The van der Waals surface area contributed by atoms with Gasteiger partial charge < -0.3 is 10.4 Å². The standard InChI is InChI=1S/C8H12Cl2N4O/c1-4(2)5(15)3-11-8-13-6(9)12-7(10)14-8/h4-5,15H,3H2,1-2H3,(H,11,12,13,14). The van der Waals surface area contributed by atoms with E-state index in [1.54, 1.807) is 0 Å². The lowest BCUT2D eigenvalue weighted by atomic mass is 10.1. The van der Waals surface area contributed by atoms with Gasteiger partial charge in [-0.1, -0.05) is 13.8 Å². The largest absolute Gasteiger partial charge is 0.391 e. The maximum atomic E-state index is 9.53. The number of hydrogen-bond donors (Lipinski definition) is 2. The fraction of sp³-hybridized carbons (Fsp3) is 0.625. The van der Waals surface area contributed by atoms with E-state index in [4.69, 9.17) is 23.2 Å². The first-order chi connectivity index (χ1) is 6.99. The Morgan fingerprint density at radius 1 is 1.20 bits per heavy atom. The first-order valence-electron chi connectivity index (χ1n) is 4.48. The molecule has 1 aromatic heterocycles. The van der Waals surface area contributed by atoms with Crippen LogP contribution in [-0.4, -0.2) is 32.7 Å². The highest BCUT2D eigenvalue weighted by atomic mass is 35.5. The zero-order valence-corrected chi connectivity index (χ0v) is 9.92. The summed E-state index contributed by atoms with van der Waals surface area (Å²) in [6, 6.07) is 0. The molecule has 0 saturated heterocycles. The van der Waals surface area contributed by atoms with Crippen LogP contribution in [0.1, 0.15) is 13.8 Å². The summed E-state index contributed by atoms with van der Waals surface area (Å²) >= 11 is 11.2. The fourth-order valence-electron chi connectivity index (χ4n) is 0.837. The van der Waals surface area contributed by atoms with E-state index in [-0.39, 0.29) is 22.4 Å². The van der Waals surface area contributed by atoms with Crippen molar-refractivity contribution in [2.24, 2.45) is 5.92 Å². The van der Waals surface area contributed by atoms with Crippen molar-refractivity contribution in [1.29, 1.82) is 0 Å². The van der Waals surface area contributed by atoms with Gasteiger partial charge in [-0.3, -0.25) is 0 Å². The number of aromatic nitrogens is 3. The van der Waals surface area contributed by atoms with E-state index in [1.165, 1.54) is 0 Å². The Hall–Kier alpha value is -0.650. The molecule has 0 spiro atoms. The van der Waals surface area contributed by atoms with Crippen molar-refractivity contribution >= 4 is 29.2 Å². The van der Waals surface area contributed by atoms with Crippen LogP contribution in [0.15, 0.2) is 0 Å². The number of nitrogens with one attached hydrogen (secondary N) is 1. The highest BCUT2D eigenvalue weighted by Crippen LogP contribution is 2.10. The van der Waals surface area contributed by atoms with Gasteiger partial charge in [0, 0.05) is 6.54 Å². The Balaban J connectivity index is 2.57. The second-order valence-electron chi connectivity index (χ2n) is 3.39. The van der Waals surface area contributed by atoms with Gasteiger partial charge in [0.25, 0.3) is 0 Å². The van der Waals surface area contributed by atoms with E-state index in [0.717, 1.165) is 0 Å². The van der Waals surface area contributed by atoms with E-state index in [2.05, 4.69) is 20.3 Å². The van der Waals surface area contributed by atoms with E-state index in [9.17, 15) is 5.11 Å². The summed E-state index contributed by atoms with van der Waals surface area (Å²) in [5.41, 5.74) is 0. The van der Waals surface area contributed by atoms with Gasteiger partial charge in [-0.05, 0) is 29.1 Å². The quantitative estimate of drug-likeness (QED) is 0.850. The summed E-state index contributed by atoms with van der Waals surface area (Å²) in [6.07, 6.45) is -0.473. The predicted molar refractivity (Wildman–Crippen MR) is 59.2 cm³/mol. The third-order valence-electron chi connectivity index (χ3n) is 1.82. The SMILES string of the molecule is CC(C)C(O)CNc1nc(Cl)nc(Cl)n1. The Bertz CT molecular complexity index is 314. The van der Waals surface area contributed by atoms with Gasteiger partial charge in [0.1, 0.15) is 0 Å². The number of halogens is 2. The lowest BCUT2D eigenvalue weighted by Gasteiger charge is -2.14. The zero-order valence-electron chi connectivity index (χ0n) is 8.41. The molecule has 7 heteroatoms. The smallest absolute Gasteiger partial charge is 0.228 e. The molecule has 0 saturated carbocycles. The molecule has 0 fully saturated rings. The van der Waals surface area contributed by atoms with Crippen molar-refractivity contribution < 1.29 is 5.11 Å². The maximum Gasteiger partial charge on any atom is 0.228 e. The first-order valence-corrected chi connectivity index (χ1v) is 5.23. The van der Waals surface area contributed by atoms with Crippen LogP contribution in [0.25, 0.3) is 0 Å².